The van der Waals surface area contributed by atoms with Crippen LogP contribution in [-0.4, -0.2) is 114 Å². The second kappa shape index (κ2) is 18.7. The first-order valence-corrected chi connectivity index (χ1v) is 23.4. The number of azo groups is 2. The number of carboxylic acids is 1. The number of fused-ring (bicyclic) bond motifs is 2. The van der Waals surface area contributed by atoms with E-state index in [9.17, 15) is 75.1 Å². The average molecular weight is 1020 g/mol. The molecule has 6 aromatic rings. The summed E-state index contributed by atoms with van der Waals surface area (Å²) in [5.74, 6) is -4.45. The van der Waals surface area contributed by atoms with Crippen LogP contribution in [0.1, 0.15) is 16.1 Å². The highest BCUT2D eigenvalue weighted by Gasteiger charge is 2.31. The molecule has 2 heterocycles. The SMILES string of the molecule is COc1cc(S(=O)(=O)O)c(C)cc1N=Nc1c(C(=O)O)nn(-c2ccc3c(O)c(N=Nc4cc(OCCO)c(N5[N-]c6ccc(N([O-])O)cc6S5(=O)=O)cc4OCCO)c(S(=O)(=O)O)cc3c2)c1O. The molecule has 1 aromatic heterocycles. The highest BCUT2D eigenvalue weighted by atomic mass is 32.2. The highest BCUT2D eigenvalue weighted by Crippen LogP contribution is 2.51. The molecule has 31 heteroatoms. The molecular formula is C38H33N9O19S3-2. The van der Waals surface area contributed by atoms with E-state index in [4.69, 9.17) is 14.2 Å². The topological polar surface area (TPSA) is 420 Å². The van der Waals surface area contributed by atoms with Crippen molar-refractivity contribution >= 4 is 86.8 Å². The Morgan fingerprint density at radius 2 is 1.46 bits per heavy atom. The molecule has 28 nitrogen and oxygen atoms in total. The number of ether oxygens (including phenoxy) is 3. The van der Waals surface area contributed by atoms with Crippen molar-refractivity contribution in [2.24, 2.45) is 20.5 Å². The average Bonchev–Trinajstić information content (AvgIpc) is 3.76. The Labute approximate surface area is 387 Å². The zero-order valence-corrected chi connectivity index (χ0v) is 37.4. The molecule has 0 radical (unpaired) electrons. The maximum atomic E-state index is 13.7. The van der Waals surface area contributed by atoms with Crippen LogP contribution in [0.25, 0.3) is 21.9 Å². The third-order valence-corrected chi connectivity index (χ3v) is 13.2. The van der Waals surface area contributed by atoms with Crippen LogP contribution in [0.3, 0.4) is 0 Å². The number of rotatable bonds is 17. The number of aliphatic hydroxyl groups is 2. The van der Waals surface area contributed by atoms with E-state index in [1.807, 2.05) is 0 Å². The maximum absolute atomic E-state index is 13.7. The van der Waals surface area contributed by atoms with Gasteiger partial charge in [-0.05, 0) is 60.3 Å². The summed E-state index contributed by atoms with van der Waals surface area (Å²) in [6.07, 6.45) is 0. The van der Waals surface area contributed by atoms with Gasteiger partial charge in [-0.25, -0.2) is 13.2 Å². The van der Waals surface area contributed by atoms with E-state index in [2.05, 4.69) is 31.0 Å². The molecule has 0 saturated heterocycles. The summed E-state index contributed by atoms with van der Waals surface area (Å²) in [5, 5.41) is 91.2. The third kappa shape index (κ3) is 9.56. The van der Waals surface area contributed by atoms with E-state index in [0.29, 0.717) is 9.10 Å². The van der Waals surface area contributed by atoms with Gasteiger partial charge in [0.05, 0.1) is 42.3 Å². The second-order valence-electron chi connectivity index (χ2n) is 14.1. The molecule has 0 fully saturated rings. The van der Waals surface area contributed by atoms with Gasteiger partial charge in [-0.2, -0.15) is 26.6 Å². The minimum atomic E-state index is -5.30. The molecule has 0 atom stereocenters. The molecule has 0 saturated carbocycles. The molecule has 0 unspecified atom stereocenters. The van der Waals surface area contributed by atoms with Crippen LogP contribution in [0.5, 0.6) is 28.9 Å². The monoisotopic (exact) mass is 1020 g/mol. The number of aryl methyl sites for hydroxylation is 1. The van der Waals surface area contributed by atoms with Gasteiger partial charge >= 0.3 is 5.97 Å². The number of hydrogen-bond donors (Lipinski definition) is 8. The van der Waals surface area contributed by atoms with Crippen molar-refractivity contribution in [2.75, 3.05) is 43.2 Å². The van der Waals surface area contributed by atoms with Crippen molar-refractivity contribution < 1.29 is 84.1 Å². The molecule has 1 aliphatic heterocycles. The van der Waals surface area contributed by atoms with Crippen molar-refractivity contribution in [2.45, 2.75) is 21.6 Å². The molecule has 364 valence electrons. The van der Waals surface area contributed by atoms with E-state index in [-0.39, 0.29) is 62.0 Å². The number of benzene rings is 5. The van der Waals surface area contributed by atoms with Gasteiger partial charge in [0.2, 0.25) is 11.6 Å². The predicted octanol–water partition coefficient (Wildman–Crippen LogP) is 5.34. The minimum absolute atomic E-state index is 0.00382. The second-order valence-corrected chi connectivity index (χ2v) is 18.6. The largest absolute Gasteiger partial charge is 0.733 e. The van der Waals surface area contributed by atoms with Gasteiger partial charge in [0.15, 0.2) is 11.4 Å². The first kappa shape index (κ1) is 49.2. The van der Waals surface area contributed by atoms with Gasteiger partial charge < -0.3 is 60.0 Å². The lowest BCUT2D eigenvalue weighted by Gasteiger charge is -2.32. The smallest absolute Gasteiger partial charge is 0.358 e. The first-order valence-electron chi connectivity index (χ1n) is 19.0. The van der Waals surface area contributed by atoms with E-state index in [1.54, 1.807) is 0 Å². The molecule has 0 spiro atoms. The van der Waals surface area contributed by atoms with E-state index in [0.717, 1.165) is 61.7 Å². The Morgan fingerprint density at radius 1 is 0.826 bits per heavy atom. The number of carboxylic acid groups (broad SMARTS) is 1. The number of carbonyl (C=O) groups is 1. The molecule has 8 N–H and O–H groups in total. The number of aromatic nitrogens is 2. The number of hydrogen-bond acceptors (Lipinski definition) is 22. The first-order chi connectivity index (χ1) is 32.5. The number of sulfonamides is 1. The van der Waals surface area contributed by atoms with E-state index < -0.39 is 117 Å². The fraction of sp³-hybridized carbons (Fsp3) is 0.158. The number of methoxy groups -OCH3 is 1. The zero-order valence-electron chi connectivity index (χ0n) is 35.0. The molecule has 7 rings (SSSR count). The fourth-order valence-corrected chi connectivity index (χ4v) is 9.42. The number of phenols is 1. The lowest BCUT2D eigenvalue weighted by atomic mass is 10.1. The summed E-state index contributed by atoms with van der Waals surface area (Å²) < 4.78 is 114. The van der Waals surface area contributed by atoms with Gasteiger partial charge in [0.25, 0.3) is 30.3 Å². The van der Waals surface area contributed by atoms with E-state index in [1.165, 1.54) is 19.1 Å². The number of phenolic OH excluding ortho intramolecular Hbond substituents is 1. The lowest BCUT2D eigenvalue weighted by Crippen LogP contribution is -2.22. The normalized spacial score (nSPS) is 13.5. The minimum Gasteiger partial charge on any atom is -0.733 e. The van der Waals surface area contributed by atoms with Gasteiger partial charge in [-0.15, -0.1) is 26.1 Å². The molecular weight excluding hydrogens is 983 g/mol. The Balaban J connectivity index is 1.30. The summed E-state index contributed by atoms with van der Waals surface area (Å²) >= 11 is 0. The summed E-state index contributed by atoms with van der Waals surface area (Å²) in [6, 6.07) is 11.5. The van der Waals surface area contributed by atoms with Crippen LogP contribution in [0.4, 0.5) is 39.8 Å². The molecule has 69 heavy (non-hydrogen) atoms. The van der Waals surface area contributed by atoms with Crippen LogP contribution in [0.2, 0.25) is 0 Å². The quantitative estimate of drug-likeness (QED) is 0.0324. The number of aliphatic hydroxyl groups excluding tert-OH is 2. The predicted molar refractivity (Wildman–Crippen MR) is 235 cm³/mol. The Kier molecular flexibility index (Phi) is 13.3. The summed E-state index contributed by atoms with van der Waals surface area (Å²) in [4.78, 5) is 10.2. The summed E-state index contributed by atoms with van der Waals surface area (Å²) in [7, 11) is -13.5. The molecule has 0 amide bonds. The molecule has 1 aliphatic rings. The van der Waals surface area contributed by atoms with Gasteiger partial charge in [-0.3, -0.25) is 14.3 Å². The third-order valence-electron chi connectivity index (χ3n) is 9.68. The Morgan fingerprint density at radius 3 is 2.07 bits per heavy atom. The van der Waals surface area contributed by atoms with Crippen LogP contribution in [0, 0.1) is 12.1 Å². The van der Waals surface area contributed by atoms with Crippen LogP contribution >= 0.6 is 0 Å². The number of anilines is 2. The van der Waals surface area contributed by atoms with Crippen LogP contribution in [0.15, 0.2) is 102 Å². The van der Waals surface area contributed by atoms with Crippen molar-refractivity contribution in [3.05, 3.63) is 88.6 Å². The molecule has 0 aliphatic carbocycles. The fourth-order valence-electron chi connectivity index (χ4n) is 6.61. The number of nitrogens with zero attached hydrogens (tertiary/aromatic N) is 9. The van der Waals surface area contributed by atoms with Crippen molar-refractivity contribution in [3.63, 3.8) is 0 Å². The Hall–Kier alpha value is -7.75. The van der Waals surface area contributed by atoms with Crippen LogP contribution in [-0.2, 0) is 30.3 Å². The number of aromatic hydroxyl groups is 2. The van der Waals surface area contributed by atoms with Gasteiger partial charge in [0.1, 0.15) is 57.3 Å². The molecule has 0 bridgehead atoms. The summed E-state index contributed by atoms with van der Waals surface area (Å²) in [6.45, 7) is -0.735. The standard InChI is InChI=1S/C38H33N9O19S3/c1-18-11-24(27(64-2)17-30(18)68(58,59)60)39-42-34-35(38(52)53)44-45(37(34)51)20-3-5-22-19(12-20)13-32(69(61,62)63)33(36(22)50)41-40-25-15-29(66-10-8-49)26(16-28(25)65-9-7-48)46-43-23-6-4-21(47(54)55)14-31(23)67(46,56)57/h3-6,11-17,48-49,54H,7-10H2,1-2H3,(H,40,50)(H,52,53)(H,39,44,51)(H,58,59,60)(H,61,62,63)/q-2. The number of aromatic carboxylic acids is 1. The lowest BCUT2D eigenvalue weighted by molar-refractivity contribution is 0.0690. The molecule has 5 aromatic carbocycles. The van der Waals surface area contributed by atoms with Gasteiger partial charge in [0, 0.05) is 23.6 Å². The summed E-state index contributed by atoms with van der Waals surface area (Å²) in [5.41, 5.74) is 0.00540. The van der Waals surface area contributed by atoms with Crippen LogP contribution < -0.4 is 23.9 Å². The van der Waals surface area contributed by atoms with Crippen molar-refractivity contribution in [1.29, 1.82) is 0 Å². The van der Waals surface area contributed by atoms with Crippen molar-refractivity contribution in [3.8, 4) is 34.6 Å². The van der Waals surface area contributed by atoms with Crippen molar-refractivity contribution in [1.82, 2.24) is 9.78 Å². The highest BCUT2D eigenvalue weighted by molar-refractivity contribution is 7.93. The van der Waals surface area contributed by atoms with Gasteiger partial charge in [-0.1, -0.05) is 6.07 Å². The van der Waals surface area contributed by atoms with E-state index >= 15 is 0 Å². The zero-order chi connectivity index (χ0) is 50.3. The maximum Gasteiger partial charge on any atom is 0.358 e. The Bertz CT molecular complexity index is 3480.